The number of aromatic amines is 1. The Kier molecular flexibility index (Phi) is 4.07. The molecule has 4 rings (SSSR count). The number of methoxy groups -OCH3 is 1. The average Bonchev–Trinajstić information content (AvgIpc) is 3.35. The second kappa shape index (κ2) is 6.23. The fourth-order valence-corrected chi connectivity index (χ4v) is 3.39. The Labute approximate surface area is 159 Å². The Morgan fingerprint density at radius 3 is 2.61 bits per heavy atom. The largest absolute Gasteiger partial charge is 0.495 e. The normalized spacial score (nSPS) is 12.1. The van der Waals surface area contributed by atoms with Crippen LogP contribution in [0.2, 0.25) is 5.02 Å². The first-order valence-electron chi connectivity index (χ1n) is 7.76. The van der Waals surface area contributed by atoms with Crippen molar-refractivity contribution in [1.29, 1.82) is 0 Å². The van der Waals surface area contributed by atoms with Crippen LogP contribution in [0.25, 0.3) is 28.1 Å². The third-order valence-electron chi connectivity index (χ3n) is 4.23. The van der Waals surface area contributed by atoms with Crippen molar-refractivity contribution in [2.45, 2.75) is 6.18 Å². The topological polar surface area (TPSA) is 73.6 Å². The van der Waals surface area contributed by atoms with Crippen LogP contribution >= 0.6 is 11.6 Å². The Hall–Kier alpha value is -3.08. The lowest BCUT2D eigenvalue weighted by Crippen LogP contribution is -2.07. The number of hydrogen-bond donors (Lipinski definition) is 1. The average molecular weight is 415 g/mol. The summed E-state index contributed by atoms with van der Waals surface area (Å²) >= 11 is 6.42. The van der Waals surface area contributed by atoms with Crippen LogP contribution in [0.5, 0.6) is 5.75 Å². The van der Waals surface area contributed by atoms with Crippen LogP contribution in [0.4, 0.5) is 17.6 Å². The summed E-state index contributed by atoms with van der Waals surface area (Å²) in [5.74, 6) is -2.13. The van der Waals surface area contributed by atoms with E-state index in [1.165, 1.54) is 35.8 Å². The van der Waals surface area contributed by atoms with Crippen LogP contribution in [-0.2, 0) is 13.2 Å². The second-order valence-electron chi connectivity index (χ2n) is 5.83. The molecule has 0 aliphatic carbocycles. The number of ether oxygens (including phenoxy) is 1. The van der Waals surface area contributed by atoms with Gasteiger partial charge in [0, 0.05) is 25.5 Å². The molecule has 0 saturated heterocycles. The van der Waals surface area contributed by atoms with Gasteiger partial charge < -0.3 is 13.9 Å². The molecule has 0 radical (unpaired) electrons. The number of halogens is 5. The SMILES string of the molecule is COc1cc(F)c2c(c1Cl)c(-n1ccnc1)c(-c1nc(C(F)(F)F)n[nH]1)n2C. The summed E-state index contributed by atoms with van der Waals surface area (Å²) in [6, 6.07) is 1.10. The fourth-order valence-electron chi connectivity index (χ4n) is 3.08. The van der Waals surface area contributed by atoms with E-state index in [2.05, 4.69) is 20.2 Å². The number of H-pyrrole nitrogens is 1. The van der Waals surface area contributed by atoms with Crippen molar-refractivity contribution in [3.05, 3.63) is 41.5 Å². The van der Waals surface area contributed by atoms with Gasteiger partial charge in [0.2, 0.25) is 0 Å². The summed E-state index contributed by atoms with van der Waals surface area (Å²) in [5.41, 5.74) is 0.488. The molecule has 4 aromatic rings. The summed E-state index contributed by atoms with van der Waals surface area (Å²) < 4.78 is 61.7. The minimum Gasteiger partial charge on any atom is -0.495 e. The highest BCUT2D eigenvalue weighted by Crippen LogP contribution is 2.43. The maximum atomic E-state index is 14.8. The predicted octanol–water partition coefficient (Wildman–Crippen LogP) is 3.97. The Bertz CT molecular complexity index is 1180. The lowest BCUT2D eigenvalue weighted by atomic mass is 10.2. The van der Waals surface area contributed by atoms with Crippen molar-refractivity contribution in [2.75, 3.05) is 7.11 Å². The summed E-state index contributed by atoms with van der Waals surface area (Å²) in [6.45, 7) is 0. The lowest BCUT2D eigenvalue weighted by Gasteiger charge is -2.08. The molecule has 1 aromatic carbocycles. The van der Waals surface area contributed by atoms with E-state index >= 15 is 0 Å². The zero-order valence-electron chi connectivity index (χ0n) is 14.3. The van der Waals surface area contributed by atoms with Gasteiger partial charge in [-0.2, -0.15) is 13.2 Å². The van der Waals surface area contributed by atoms with Gasteiger partial charge in [0.05, 0.1) is 35.1 Å². The van der Waals surface area contributed by atoms with E-state index in [0.717, 1.165) is 6.07 Å². The number of aryl methyl sites for hydroxylation is 1. The van der Waals surface area contributed by atoms with Crippen molar-refractivity contribution >= 4 is 22.5 Å². The summed E-state index contributed by atoms with van der Waals surface area (Å²) in [7, 11) is 2.82. The van der Waals surface area contributed by atoms with Crippen LogP contribution in [0, 0.1) is 5.82 Å². The van der Waals surface area contributed by atoms with Gasteiger partial charge in [-0.3, -0.25) is 5.10 Å². The lowest BCUT2D eigenvalue weighted by molar-refractivity contribution is -0.144. The highest BCUT2D eigenvalue weighted by molar-refractivity contribution is 6.38. The second-order valence-corrected chi connectivity index (χ2v) is 6.21. The zero-order chi connectivity index (χ0) is 20.2. The first-order chi connectivity index (χ1) is 13.2. The van der Waals surface area contributed by atoms with Gasteiger partial charge in [-0.25, -0.2) is 14.4 Å². The molecule has 0 saturated carbocycles. The van der Waals surface area contributed by atoms with Gasteiger partial charge in [0.15, 0.2) is 11.6 Å². The number of benzene rings is 1. The number of imidazole rings is 1. The van der Waals surface area contributed by atoms with Crippen molar-refractivity contribution in [3.63, 3.8) is 0 Å². The molecule has 146 valence electrons. The minimum absolute atomic E-state index is 0.0643. The quantitative estimate of drug-likeness (QED) is 0.515. The van der Waals surface area contributed by atoms with Crippen molar-refractivity contribution < 1.29 is 22.3 Å². The number of rotatable bonds is 3. The highest BCUT2D eigenvalue weighted by atomic mass is 35.5. The zero-order valence-corrected chi connectivity index (χ0v) is 15.1. The molecule has 0 atom stereocenters. The van der Waals surface area contributed by atoms with E-state index in [1.807, 2.05) is 0 Å². The standard InChI is InChI=1S/C16H11ClF4N6O/c1-26-11-7(18)5-8(28-2)10(17)9(11)12(27-4-3-22-6-27)13(26)14-23-15(25-24-14)16(19,20)21/h3-6H,1-2H3,(H,23,24,25). The van der Waals surface area contributed by atoms with Gasteiger partial charge in [-0.1, -0.05) is 11.6 Å². The van der Waals surface area contributed by atoms with E-state index in [0.29, 0.717) is 0 Å². The third-order valence-corrected chi connectivity index (χ3v) is 4.61. The van der Waals surface area contributed by atoms with E-state index in [9.17, 15) is 17.6 Å². The van der Waals surface area contributed by atoms with Gasteiger partial charge in [-0.15, -0.1) is 5.10 Å². The molecular formula is C16H11ClF4N6O. The summed E-state index contributed by atoms with van der Waals surface area (Å²) in [4.78, 5) is 7.49. The van der Waals surface area contributed by atoms with Crippen LogP contribution in [0.15, 0.2) is 24.8 Å². The summed E-state index contributed by atoms with van der Waals surface area (Å²) in [5, 5.41) is 5.83. The van der Waals surface area contributed by atoms with E-state index in [-0.39, 0.29) is 38.9 Å². The molecule has 1 N–H and O–H groups in total. The molecule has 0 spiro atoms. The number of fused-ring (bicyclic) bond motifs is 1. The monoisotopic (exact) mass is 414 g/mol. The predicted molar refractivity (Wildman–Crippen MR) is 91.9 cm³/mol. The van der Waals surface area contributed by atoms with Gasteiger partial charge in [0.25, 0.3) is 5.82 Å². The van der Waals surface area contributed by atoms with E-state index < -0.39 is 17.8 Å². The first kappa shape index (κ1) is 18.3. The molecule has 0 aliphatic heterocycles. The molecule has 12 heteroatoms. The van der Waals surface area contributed by atoms with Gasteiger partial charge in [-0.05, 0) is 0 Å². The summed E-state index contributed by atoms with van der Waals surface area (Å²) in [6.07, 6.45) is -0.310. The molecule has 3 heterocycles. The number of aromatic nitrogens is 6. The van der Waals surface area contributed by atoms with Gasteiger partial charge in [0.1, 0.15) is 11.4 Å². The molecule has 0 amide bonds. The minimum atomic E-state index is -4.74. The smallest absolute Gasteiger partial charge is 0.453 e. The molecule has 0 unspecified atom stereocenters. The molecule has 3 aromatic heterocycles. The van der Waals surface area contributed by atoms with Crippen LogP contribution in [0.1, 0.15) is 5.82 Å². The van der Waals surface area contributed by atoms with E-state index in [1.54, 1.807) is 6.20 Å². The molecule has 0 fully saturated rings. The van der Waals surface area contributed by atoms with Crippen molar-refractivity contribution in [3.8, 4) is 23.0 Å². The van der Waals surface area contributed by atoms with Crippen LogP contribution in [0.3, 0.4) is 0 Å². The maximum absolute atomic E-state index is 14.8. The number of alkyl halides is 3. The number of hydrogen-bond acceptors (Lipinski definition) is 4. The molecule has 0 bridgehead atoms. The maximum Gasteiger partial charge on any atom is 0.453 e. The van der Waals surface area contributed by atoms with Crippen LogP contribution < -0.4 is 4.74 Å². The van der Waals surface area contributed by atoms with Crippen molar-refractivity contribution in [2.24, 2.45) is 7.05 Å². The van der Waals surface area contributed by atoms with E-state index in [4.69, 9.17) is 16.3 Å². The molecule has 28 heavy (non-hydrogen) atoms. The Balaban J connectivity index is 2.13. The number of nitrogens with one attached hydrogen (secondary N) is 1. The first-order valence-corrected chi connectivity index (χ1v) is 8.14. The molecule has 7 nitrogen and oxygen atoms in total. The van der Waals surface area contributed by atoms with Gasteiger partial charge >= 0.3 is 6.18 Å². The Morgan fingerprint density at radius 2 is 2.04 bits per heavy atom. The van der Waals surface area contributed by atoms with Crippen molar-refractivity contribution in [1.82, 2.24) is 29.3 Å². The molecule has 0 aliphatic rings. The third kappa shape index (κ3) is 2.61. The highest BCUT2D eigenvalue weighted by Gasteiger charge is 2.37. The molecular weight excluding hydrogens is 404 g/mol. The number of nitrogens with zero attached hydrogens (tertiary/aromatic N) is 5. The van der Waals surface area contributed by atoms with Crippen LogP contribution in [-0.4, -0.2) is 36.4 Å². The Morgan fingerprint density at radius 1 is 1.29 bits per heavy atom. The fraction of sp³-hybridized carbons (Fsp3) is 0.188.